The molecule has 0 amide bonds. The minimum Gasteiger partial charge on any atom is -0.481 e. The zero-order chi connectivity index (χ0) is 11.5. The Morgan fingerprint density at radius 3 is 2.76 bits per heavy atom. The minimum absolute atomic E-state index is 0. The molecule has 2 aromatic rings. The van der Waals surface area contributed by atoms with Gasteiger partial charge in [0, 0.05) is 28.7 Å². The molecule has 6 heteroatoms. The van der Waals surface area contributed by atoms with Crippen LogP contribution in [0.25, 0.3) is 11.3 Å². The van der Waals surface area contributed by atoms with Gasteiger partial charge in [0.1, 0.15) is 0 Å². The van der Waals surface area contributed by atoms with E-state index in [4.69, 9.17) is 10.5 Å². The van der Waals surface area contributed by atoms with E-state index in [1.165, 1.54) is 11.5 Å². The first-order valence-electron chi connectivity index (χ1n) is 4.93. The second kappa shape index (κ2) is 5.95. The zero-order valence-electron chi connectivity index (χ0n) is 9.58. The summed E-state index contributed by atoms with van der Waals surface area (Å²) in [6.45, 7) is 1.95. The second-order valence-electron chi connectivity index (χ2n) is 3.49. The number of pyridine rings is 1. The van der Waals surface area contributed by atoms with Gasteiger partial charge in [0.25, 0.3) is 0 Å². The van der Waals surface area contributed by atoms with Gasteiger partial charge in [0.2, 0.25) is 5.88 Å². The van der Waals surface area contributed by atoms with Gasteiger partial charge in [-0.15, -0.1) is 12.4 Å². The van der Waals surface area contributed by atoms with Crippen LogP contribution in [0.1, 0.15) is 17.8 Å². The number of halogens is 1. The minimum atomic E-state index is 0. The van der Waals surface area contributed by atoms with Crippen molar-refractivity contribution in [2.75, 3.05) is 7.11 Å². The van der Waals surface area contributed by atoms with Crippen molar-refractivity contribution in [1.82, 2.24) is 9.36 Å². The Hall–Kier alpha value is -1.17. The Morgan fingerprint density at radius 2 is 2.18 bits per heavy atom. The molecule has 0 aliphatic carbocycles. The average molecular weight is 272 g/mol. The van der Waals surface area contributed by atoms with Gasteiger partial charge in [-0.25, -0.2) is 4.98 Å². The van der Waals surface area contributed by atoms with Gasteiger partial charge in [0.15, 0.2) is 0 Å². The van der Waals surface area contributed by atoms with Crippen LogP contribution in [-0.4, -0.2) is 16.5 Å². The molecule has 2 heterocycles. The third-order valence-corrected chi connectivity index (χ3v) is 3.21. The van der Waals surface area contributed by atoms with Crippen LogP contribution >= 0.6 is 23.9 Å². The maximum atomic E-state index is 5.79. The largest absolute Gasteiger partial charge is 0.481 e. The number of ether oxygens (including phenoxy) is 1. The molecule has 0 saturated heterocycles. The summed E-state index contributed by atoms with van der Waals surface area (Å²) in [6.07, 6.45) is 1.71. The van der Waals surface area contributed by atoms with E-state index < -0.39 is 0 Å². The molecule has 0 saturated carbocycles. The smallest absolute Gasteiger partial charge is 0.213 e. The quantitative estimate of drug-likeness (QED) is 0.932. The summed E-state index contributed by atoms with van der Waals surface area (Å²) in [4.78, 5) is 5.13. The lowest BCUT2D eigenvalue weighted by Gasteiger charge is -2.00. The van der Waals surface area contributed by atoms with E-state index in [1.807, 2.05) is 25.1 Å². The highest BCUT2D eigenvalue weighted by Crippen LogP contribution is 2.26. The second-order valence-corrected chi connectivity index (χ2v) is 4.33. The van der Waals surface area contributed by atoms with Crippen molar-refractivity contribution in [3.05, 3.63) is 29.3 Å². The van der Waals surface area contributed by atoms with Crippen LogP contribution in [-0.2, 0) is 0 Å². The van der Waals surface area contributed by atoms with E-state index in [1.54, 1.807) is 13.3 Å². The molecule has 92 valence electrons. The summed E-state index contributed by atoms with van der Waals surface area (Å²) in [5.74, 6) is 0.591. The van der Waals surface area contributed by atoms with Crippen LogP contribution in [0.5, 0.6) is 5.88 Å². The molecule has 2 N–H and O–H groups in total. The van der Waals surface area contributed by atoms with E-state index in [2.05, 4.69) is 9.36 Å². The van der Waals surface area contributed by atoms with Crippen molar-refractivity contribution < 1.29 is 4.74 Å². The lowest BCUT2D eigenvalue weighted by Crippen LogP contribution is -2.01. The average Bonchev–Trinajstić information content (AvgIpc) is 2.78. The molecule has 17 heavy (non-hydrogen) atoms. The van der Waals surface area contributed by atoms with Gasteiger partial charge < -0.3 is 10.5 Å². The Balaban J connectivity index is 0.00000144. The zero-order valence-corrected chi connectivity index (χ0v) is 11.2. The molecular weight excluding hydrogens is 258 g/mol. The van der Waals surface area contributed by atoms with Crippen molar-refractivity contribution >= 4 is 23.9 Å². The van der Waals surface area contributed by atoms with Gasteiger partial charge in [-0.1, -0.05) is 0 Å². The van der Waals surface area contributed by atoms with Crippen molar-refractivity contribution in [2.24, 2.45) is 5.73 Å². The molecule has 0 aliphatic heterocycles. The standard InChI is InChI=1S/C11H13N3OS.ClH/c1-7(12)10-6-9(14-16-10)8-3-4-13-11(5-8)15-2;/h3-7H,12H2,1-2H3;1H/t7-;/m0./s1. The maximum absolute atomic E-state index is 5.79. The van der Waals surface area contributed by atoms with Crippen LogP contribution < -0.4 is 10.5 Å². The van der Waals surface area contributed by atoms with Crippen LogP contribution in [0.4, 0.5) is 0 Å². The Labute approximate surface area is 110 Å². The first kappa shape index (κ1) is 13.9. The number of aromatic nitrogens is 2. The molecule has 0 radical (unpaired) electrons. The molecule has 4 nitrogen and oxygen atoms in total. The predicted molar refractivity (Wildman–Crippen MR) is 71.7 cm³/mol. The molecule has 2 rings (SSSR count). The van der Waals surface area contributed by atoms with E-state index in [9.17, 15) is 0 Å². The van der Waals surface area contributed by atoms with E-state index in [0.29, 0.717) is 5.88 Å². The predicted octanol–water partition coefficient (Wildman–Crippen LogP) is 2.66. The molecule has 0 unspecified atom stereocenters. The van der Waals surface area contributed by atoms with Gasteiger partial charge in [-0.2, -0.15) is 4.37 Å². The third-order valence-electron chi connectivity index (χ3n) is 2.22. The molecule has 0 aromatic carbocycles. The van der Waals surface area contributed by atoms with Crippen LogP contribution in [0, 0.1) is 0 Å². The molecule has 0 aliphatic rings. The highest BCUT2D eigenvalue weighted by molar-refractivity contribution is 7.06. The fourth-order valence-corrected chi connectivity index (χ4v) is 2.01. The van der Waals surface area contributed by atoms with Crippen molar-refractivity contribution in [3.8, 4) is 17.1 Å². The Kier molecular flexibility index (Phi) is 4.86. The summed E-state index contributed by atoms with van der Waals surface area (Å²) in [6, 6.07) is 5.79. The topological polar surface area (TPSA) is 61.0 Å². The third kappa shape index (κ3) is 3.15. The van der Waals surface area contributed by atoms with Gasteiger partial charge in [0.05, 0.1) is 12.8 Å². The van der Waals surface area contributed by atoms with Gasteiger partial charge >= 0.3 is 0 Å². The summed E-state index contributed by atoms with van der Waals surface area (Å²) < 4.78 is 9.43. The Bertz CT molecular complexity index is 487. The Morgan fingerprint density at radius 1 is 1.41 bits per heavy atom. The van der Waals surface area contributed by atoms with E-state index in [0.717, 1.165) is 16.1 Å². The first-order chi connectivity index (χ1) is 7.70. The molecule has 0 bridgehead atoms. The number of nitrogens with zero attached hydrogens (tertiary/aromatic N) is 2. The molecule has 0 fully saturated rings. The van der Waals surface area contributed by atoms with Crippen LogP contribution in [0.2, 0.25) is 0 Å². The highest BCUT2D eigenvalue weighted by atomic mass is 35.5. The summed E-state index contributed by atoms with van der Waals surface area (Å²) in [5.41, 5.74) is 7.70. The molecule has 0 spiro atoms. The van der Waals surface area contributed by atoms with Gasteiger partial charge in [-0.3, -0.25) is 0 Å². The van der Waals surface area contributed by atoms with Crippen LogP contribution in [0.15, 0.2) is 24.4 Å². The van der Waals surface area contributed by atoms with Crippen molar-refractivity contribution in [2.45, 2.75) is 13.0 Å². The van der Waals surface area contributed by atoms with E-state index >= 15 is 0 Å². The lowest BCUT2D eigenvalue weighted by atomic mass is 10.1. The number of nitrogens with two attached hydrogens (primary N) is 1. The van der Waals surface area contributed by atoms with Crippen LogP contribution in [0.3, 0.4) is 0 Å². The highest BCUT2D eigenvalue weighted by Gasteiger charge is 2.08. The maximum Gasteiger partial charge on any atom is 0.213 e. The summed E-state index contributed by atoms with van der Waals surface area (Å²) in [7, 11) is 1.60. The first-order valence-corrected chi connectivity index (χ1v) is 5.70. The normalized spacial score (nSPS) is 11.7. The number of methoxy groups -OCH3 is 1. The molecule has 1 atom stereocenters. The number of hydrogen-bond acceptors (Lipinski definition) is 5. The monoisotopic (exact) mass is 271 g/mol. The molecule has 2 aromatic heterocycles. The van der Waals surface area contributed by atoms with Gasteiger partial charge in [-0.05, 0) is 30.6 Å². The molecular formula is C11H14ClN3OS. The summed E-state index contributed by atoms with van der Waals surface area (Å²) >= 11 is 1.43. The number of hydrogen-bond donors (Lipinski definition) is 1. The van der Waals surface area contributed by atoms with Crippen molar-refractivity contribution in [3.63, 3.8) is 0 Å². The van der Waals surface area contributed by atoms with Crippen molar-refractivity contribution in [1.29, 1.82) is 0 Å². The summed E-state index contributed by atoms with van der Waals surface area (Å²) in [5, 5.41) is 0. The van der Waals surface area contributed by atoms with E-state index in [-0.39, 0.29) is 18.4 Å². The fourth-order valence-electron chi connectivity index (χ4n) is 1.32. The SMILES string of the molecule is COc1cc(-c2cc([C@H](C)N)sn2)ccn1.Cl. The number of rotatable bonds is 3. The fraction of sp³-hybridized carbons (Fsp3) is 0.273. The lowest BCUT2D eigenvalue weighted by molar-refractivity contribution is 0.398.